The highest BCUT2D eigenvalue weighted by atomic mass is 79.9. The first-order valence-electron chi connectivity index (χ1n) is 4.01. The van der Waals surface area contributed by atoms with E-state index < -0.39 is 18.8 Å². The lowest BCUT2D eigenvalue weighted by molar-refractivity contribution is -0.0162. The molecular formula is C9H11BrO4. The van der Waals surface area contributed by atoms with E-state index in [1.807, 2.05) is 0 Å². The third-order valence-corrected chi connectivity index (χ3v) is 2.36. The number of rotatable bonds is 3. The van der Waals surface area contributed by atoms with Crippen molar-refractivity contribution in [2.75, 3.05) is 6.61 Å². The van der Waals surface area contributed by atoms with E-state index in [1.54, 1.807) is 6.07 Å². The Labute approximate surface area is 89.6 Å². The van der Waals surface area contributed by atoms with Gasteiger partial charge < -0.3 is 20.4 Å². The Morgan fingerprint density at radius 2 is 1.93 bits per heavy atom. The Morgan fingerprint density at radius 3 is 2.43 bits per heavy atom. The summed E-state index contributed by atoms with van der Waals surface area (Å²) < 4.78 is 0.671. The normalized spacial score (nSPS) is 15.1. The van der Waals surface area contributed by atoms with Gasteiger partial charge in [0.05, 0.1) is 6.61 Å². The molecule has 0 saturated heterocycles. The summed E-state index contributed by atoms with van der Waals surface area (Å²) in [7, 11) is 0. The van der Waals surface area contributed by atoms with Gasteiger partial charge in [0.1, 0.15) is 18.0 Å². The van der Waals surface area contributed by atoms with Crippen molar-refractivity contribution in [3.05, 3.63) is 28.2 Å². The van der Waals surface area contributed by atoms with Crippen molar-refractivity contribution in [3.8, 4) is 5.75 Å². The molecule has 1 aromatic rings. The van der Waals surface area contributed by atoms with Crippen LogP contribution in [0.25, 0.3) is 0 Å². The second kappa shape index (κ2) is 4.75. The highest BCUT2D eigenvalue weighted by Crippen LogP contribution is 2.29. The van der Waals surface area contributed by atoms with Gasteiger partial charge in [-0.15, -0.1) is 0 Å². The molecule has 0 aliphatic carbocycles. The van der Waals surface area contributed by atoms with Crippen LogP contribution in [-0.4, -0.2) is 33.1 Å². The molecule has 2 unspecified atom stereocenters. The van der Waals surface area contributed by atoms with Crippen LogP contribution < -0.4 is 0 Å². The summed E-state index contributed by atoms with van der Waals surface area (Å²) in [5, 5.41) is 36.7. The molecule has 4 N–H and O–H groups in total. The Balaban J connectivity index is 2.95. The van der Waals surface area contributed by atoms with Gasteiger partial charge >= 0.3 is 0 Å². The molecule has 0 amide bonds. The van der Waals surface area contributed by atoms with Gasteiger partial charge in [0, 0.05) is 10.0 Å². The third-order valence-electron chi connectivity index (χ3n) is 1.86. The lowest BCUT2D eigenvalue weighted by Crippen LogP contribution is -2.22. The number of aliphatic hydroxyl groups excluding tert-OH is 3. The van der Waals surface area contributed by atoms with Crippen molar-refractivity contribution in [1.82, 2.24) is 0 Å². The van der Waals surface area contributed by atoms with E-state index in [9.17, 15) is 10.2 Å². The predicted molar refractivity (Wildman–Crippen MR) is 53.9 cm³/mol. The maximum Gasteiger partial charge on any atom is 0.122 e. The van der Waals surface area contributed by atoms with E-state index in [0.717, 1.165) is 0 Å². The van der Waals surface area contributed by atoms with Gasteiger partial charge in [-0.25, -0.2) is 0 Å². The molecule has 0 radical (unpaired) electrons. The summed E-state index contributed by atoms with van der Waals surface area (Å²) in [5.74, 6) is -0.126. The number of aromatic hydroxyl groups is 1. The molecule has 1 aromatic carbocycles. The molecule has 0 aromatic heterocycles. The Bertz CT molecular complexity index is 316. The number of hydrogen-bond acceptors (Lipinski definition) is 4. The Kier molecular flexibility index (Phi) is 3.88. The maximum absolute atomic E-state index is 9.48. The monoisotopic (exact) mass is 262 g/mol. The highest BCUT2D eigenvalue weighted by molar-refractivity contribution is 9.10. The maximum atomic E-state index is 9.48. The molecular weight excluding hydrogens is 252 g/mol. The van der Waals surface area contributed by atoms with Crippen molar-refractivity contribution in [2.24, 2.45) is 0 Å². The van der Waals surface area contributed by atoms with Crippen molar-refractivity contribution in [3.63, 3.8) is 0 Å². The molecule has 0 bridgehead atoms. The average Bonchev–Trinajstić information content (AvgIpc) is 2.15. The SMILES string of the molecule is OCC(O)C(O)c1ccc(Br)cc1O. The van der Waals surface area contributed by atoms with Crippen LogP contribution in [0, 0.1) is 0 Å². The van der Waals surface area contributed by atoms with Crippen LogP contribution in [0.3, 0.4) is 0 Å². The first kappa shape index (κ1) is 11.5. The van der Waals surface area contributed by atoms with Gasteiger partial charge in [-0.1, -0.05) is 22.0 Å². The number of phenolic OH excluding ortho intramolecular Hbond substituents is 1. The molecule has 0 spiro atoms. The molecule has 14 heavy (non-hydrogen) atoms. The van der Waals surface area contributed by atoms with Gasteiger partial charge in [0.15, 0.2) is 0 Å². The minimum atomic E-state index is -1.29. The average molecular weight is 263 g/mol. The zero-order valence-corrected chi connectivity index (χ0v) is 8.85. The third kappa shape index (κ3) is 2.45. The van der Waals surface area contributed by atoms with Crippen molar-refractivity contribution < 1.29 is 20.4 Å². The summed E-state index contributed by atoms with van der Waals surface area (Å²) in [5.41, 5.74) is 0.190. The highest BCUT2D eigenvalue weighted by Gasteiger charge is 2.20. The summed E-state index contributed by atoms with van der Waals surface area (Å²) >= 11 is 3.15. The molecule has 0 aliphatic heterocycles. The summed E-state index contributed by atoms with van der Waals surface area (Å²) in [6.45, 7) is -0.559. The van der Waals surface area contributed by atoms with Crippen LogP contribution in [0.5, 0.6) is 5.75 Å². The second-order valence-corrected chi connectivity index (χ2v) is 3.81. The molecule has 0 saturated carbocycles. The second-order valence-electron chi connectivity index (χ2n) is 2.90. The Morgan fingerprint density at radius 1 is 1.29 bits per heavy atom. The zero-order chi connectivity index (χ0) is 10.7. The Hall–Kier alpha value is -0.620. The molecule has 1 rings (SSSR count). The minimum absolute atomic E-state index is 0.126. The fourth-order valence-corrected chi connectivity index (χ4v) is 1.42. The van der Waals surface area contributed by atoms with Crippen molar-refractivity contribution >= 4 is 15.9 Å². The number of benzene rings is 1. The van der Waals surface area contributed by atoms with E-state index in [-0.39, 0.29) is 11.3 Å². The van der Waals surface area contributed by atoms with Crippen LogP contribution in [0.4, 0.5) is 0 Å². The van der Waals surface area contributed by atoms with Gasteiger partial charge in [-0.3, -0.25) is 0 Å². The first-order valence-corrected chi connectivity index (χ1v) is 4.81. The van der Waals surface area contributed by atoms with E-state index in [0.29, 0.717) is 4.47 Å². The number of hydrogen-bond donors (Lipinski definition) is 4. The fraction of sp³-hybridized carbons (Fsp3) is 0.333. The summed E-state index contributed by atoms with van der Waals surface area (Å²) in [6, 6.07) is 4.51. The minimum Gasteiger partial charge on any atom is -0.508 e. The van der Waals surface area contributed by atoms with Crippen molar-refractivity contribution in [2.45, 2.75) is 12.2 Å². The van der Waals surface area contributed by atoms with Crippen LogP contribution in [-0.2, 0) is 0 Å². The molecule has 78 valence electrons. The van der Waals surface area contributed by atoms with Crippen LogP contribution in [0.1, 0.15) is 11.7 Å². The molecule has 4 nitrogen and oxygen atoms in total. The smallest absolute Gasteiger partial charge is 0.122 e. The largest absolute Gasteiger partial charge is 0.508 e. The van der Waals surface area contributed by atoms with Crippen LogP contribution >= 0.6 is 15.9 Å². The first-order chi connectivity index (χ1) is 6.56. The molecule has 5 heteroatoms. The van der Waals surface area contributed by atoms with Crippen LogP contribution in [0.15, 0.2) is 22.7 Å². The molecule has 0 aliphatic rings. The van der Waals surface area contributed by atoms with E-state index >= 15 is 0 Å². The van der Waals surface area contributed by atoms with Gasteiger partial charge in [-0.05, 0) is 12.1 Å². The quantitative estimate of drug-likeness (QED) is 0.641. The van der Waals surface area contributed by atoms with Gasteiger partial charge in [0.2, 0.25) is 0 Å². The van der Waals surface area contributed by atoms with Crippen LogP contribution in [0.2, 0.25) is 0 Å². The standard InChI is InChI=1S/C9H11BrO4/c10-5-1-2-6(7(12)3-5)9(14)8(13)4-11/h1-3,8-9,11-14H,4H2. The topological polar surface area (TPSA) is 80.9 Å². The number of aliphatic hydroxyl groups is 3. The number of phenols is 1. The fourth-order valence-electron chi connectivity index (χ4n) is 1.07. The van der Waals surface area contributed by atoms with Gasteiger partial charge in [0.25, 0.3) is 0 Å². The molecule has 0 fully saturated rings. The van der Waals surface area contributed by atoms with E-state index in [2.05, 4.69) is 15.9 Å². The van der Waals surface area contributed by atoms with Gasteiger partial charge in [-0.2, -0.15) is 0 Å². The predicted octanol–water partition coefficient (Wildman–Crippen LogP) is 0.541. The van der Waals surface area contributed by atoms with E-state index in [4.69, 9.17) is 10.2 Å². The molecule has 2 atom stereocenters. The van der Waals surface area contributed by atoms with E-state index in [1.165, 1.54) is 12.1 Å². The zero-order valence-electron chi connectivity index (χ0n) is 7.26. The lowest BCUT2D eigenvalue weighted by Gasteiger charge is -2.16. The number of halogens is 1. The summed E-state index contributed by atoms with van der Waals surface area (Å²) in [4.78, 5) is 0. The lowest BCUT2D eigenvalue weighted by atomic mass is 10.0. The summed E-state index contributed by atoms with van der Waals surface area (Å²) in [6.07, 6.45) is -2.57. The van der Waals surface area contributed by atoms with Crippen molar-refractivity contribution in [1.29, 1.82) is 0 Å². The molecule has 0 heterocycles.